The Balaban J connectivity index is 1.34. The molecule has 2 saturated heterocycles. The number of hydrogen-bond acceptors (Lipinski definition) is 10. The highest BCUT2D eigenvalue weighted by atomic mass is 35.5. The van der Waals surface area contributed by atoms with Crippen LogP contribution in [0.3, 0.4) is 0 Å². The standard InChI is InChI=1S/C40H47Cl2N5O10S2/c1-2-10-28(33(49)36(52)43-20-30(48)45-32(39(56)57)23-13-7-4-8-14-23)44-35(51)29-19-40(58-15-9-16-59-40)21-47(29)37(53)31(22-11-5-3-6-12-22)46-34(50)24-17-26(41)27(42)18-25(24)38(54)55/h4,7-8,13-14,17-18,22,28-29,31-32H,2-3,5-6,9-12,15-16,19-21H2,1H3,(H,43,52)(H,44,51)(H,45,48)(H,46,50)(H,54,55)(H,56,57)/t28?,29-,31-,32?/m0/s1. The van der Waals surface area contributed by atoms with Gasteiger partial charge in [0.05, 0.1) is 37.8 Å². The molecule has 5 amide bonds. The van der Waals surface area contributed by atoms with Crippen molar-refractivity contribution in [3.8, 4) is 0 Å². The Hall–Kier alpha value is -4.32. The molecule has 5 rings (SSSR count). The summed E-state index contributed by atoms with van der Waals surface area (Å²) in [5.41, 5.74) is -0.369. The zero-order chi connectivity index (χ0) is 42.9. The number of nitrogens with one attached hydrogen (secondary N) is 4. The number of Topliss-reactive ketones (excluding diaryl/α,β-unsaturated/α-hetero) is 1. The van der Waals surface area contributed by atoms with Crippen molar-refractivity contribution in [2.75, 3.05) is 24.6 Å². The fourth-order valence-corrected chi connectivity index (χ4v) is 11.3. The molecule has 0 bridgehead atoms. The minimum atomic E-state index is -1.41. The first-order valence-corrected chi connectivity index (χ1v) is 22.2. The first-order valence-electron chi connectivity index (χ1n) is 19.5. The number of likely N-dealkylation sites (tertiary alicyclic amines) is 1. The Morgan fingerprint density at radius 3 is 2.12 bits per heavy atom. The number of ketones is 1. The van der Waals surface area contributed by atoms with E-state index in [4.69, 9.17) is 23.2 Å². The largest absolute Gasteiger partial charge is 0.479 e. The number of aromatic carboxylic acids is 1. The molecule has 2 heterocycles. The number of halogens is 2. The quantitative estimate of drug-likeness (QED) is 0.129. The van der Waals surface area contributed by atoms with Gasteiger partial charge in [-0.3, -0.25) is 28.8 Å². The van der Waals surface area contributed by atoms with Crippen LogP contribution in [0.5, 0.6) is 0 Å². The van der Waals surface area contributed by atoms with Crippen LogP contribution in [0.25, 0.3) is 0 Å². The van der Waals surface area contributed by atoms with Crippen LogP contribution in [-0.2, 0) is 28.8 Å². The van der Waals surface area contributed by atoms with Crippen molar-refractivity contribution in [3.05, 3.63) is 69.2 Å². The van der Waals surface area contributed by atoms with Gasteiger partial charge in [0.2, 0.25) is 23.5 Å². The van der Waals surface area contributed by atoms with Gasteiger partial charge in [0, 0.05) is 13.0 Å². The molecule has 6 N–H and O–H groups in total. The number of carbonyl (C=O) groups excluding carboxylic acids is 6. The number of thioether (sulfide) groups is 2. The number of aliphatic carboxylic acids is 1. The number of amides is 5. The monoisotopic (exact) mass is 891 g/mol. The van der Waals surface area contributed by atoms with Gasteiger partial charge in [-0.15, -0.1) is 23.5 Å². The van der Waals surface area contributed by atoms with E-state index >= 15 is 0 Å². The van der Waals surface area contributed by atoms with Crippen molar-refractivity contribution >= 4 is 94.0 Å². The van der Waals surface area contributed by atoms with E-state index < -0.39 is 87.6 Å². The van der Waals surface area contributed by atoms with Crippen LogP contribution >= 0.6 is 46.7 Å². The topological polar surface area (TPSA) is 228 Å². The van der Waals surface area contributed by atoms with E-state index in [2.05, 4.69) is 21.3 Å². The highest BCUT2D eigenvalue weighted by Gasteiger charge is 2.52. The Morgan fingerprint density at radius 1 is 0.864 bits per heavy atom. The summed E-state index contributed by atoms with van der Waals surface area (Å²) in [5.74, 6) is -6.55. The van der Waals surface area contributed by atoms with Gasteiger partial charge >= 0.3 is 11.9 Å². The van der Waals surface area contributed by atoms with Crippen LogP contribution in [0.1, 0.15) is 97.0 Å². The second kappa shape index (κ2) is 20.8. The average molecular weight is 893 g/mol. The maximum atomic E-state index is 14.8. The lowest BCUT2D eigenvalue weighted by molar-refractivity contribution is -0.144. The molecule has 3 aliphatic rings. The lowest BCUT2D eigenvalue weighted by Crippen LogP contribution is -2.58. The molecule has 59 heavy (non-hydrogen) atoms. The van der Waals surface area contributed by atoms with E-state index in [0.29, 0.717) is 24.8 Å². The predicted octanol–water partition coefficient (Wildman–Crippen LogP) is 4.45. The van der Waals surface area contributed by atoms with Crippen LogP contribution in [0, 0.1) is 5.92 Å². The normalized spacial score (nSPS) is 19.2. The van der Waals surface area contributed by atoms with Gasteiger partial charge in [0.15, 0.2) is 6.04 Å². The lowest BCUT2D eigenvalue weighted by atomic mass is 9.83. The third kappa shape index (κ3) is 11.5. The molecule has 2 aromatic carbocycles. The molecule has 3 fully saturated rings. The van der Waals surface area contributed by atoms with Crippen molar-refractivity contribution in [1.82, 2.24) is 26.2 Å². The van der Waals surface area contributed by atoms with E-state index in [9.17, 15) is 48.6 Å². The molecular formula is C40H47Cl2N5O10S2. The Morgan fingerprint density at radius 2 is 1.51 bits per heavy atom. The summed E-state index contributed by atoms with van der Waals surface area (Å²) in [6.07, 6.45) is 5.35. The van der Waals surface area contributed by atoms with Crippen LogP contribution in [-0.4, -0.2) is 109 Å². The second-order valence-corrected chi connectivity index (χ2v) is 18.8. The number of carboxylic acid groups (broad SMARTS) is 2. The average Bonchev–Trinajstić information content (AvgIpc) is 3.60. The summed E-state index contributed by atoms with van der Waals surface area (Å²) >= 11 is 15.5. The maximum Gasteiger partial charge on any atom is 0.336 e. The van der Waals surface area contributed by atoms with Gasteiger partial charge in [-0.05, 0) is 60.8 Å². The minimum Gasteiger partial charge on any atom is -0.479 e. The highest BCUT2D eigenvalue weighted by Crippen LogP contribution is 2.50. The Bertz CT molecular complexity index is 1940. The molecule has 2 aromatic rings. The molecule has 1 spiro atoms. The van der Waals surface area contributed by atoms with Gasteiger partial charge in [0.25, 0.3) is 11.8 Å². The van der Waals surface area contributed by atoms with Gasteiger partial charge in [-0.2, -0.15) is 0 Å². The van der Waals surface area contributed by atoms with Gasteiger partial charge < -0.3 is 36.4 Å². The number of hydrogen-bond donors (Lipinski definition) is 6. The molecule has 15 nitrogen and oxygen atoms in total. The zero-order valence-corrected chi connectivity index (χ0v) is 35.4. The SMILES string of the molecule is CCCC(NC(=O)[C@@H]1CC2(CN1C(=O)[C@@H](NC(=O)c1cc(Cl)c(Cl)cc1C(=O)O)C1CCCCC1)SCCCS2)C(=O)C(=O)NCC(=O)NC(C(=O)O)c1ccccc1. The van der Waals surface area contributed by atoms with E-state index in [-0.39, 0.29) is 40.9 Å². The fourth-order valence-electron chi connectivity index (χ4n) is 7.67. The third-order valence-corrected chi connectivity index (χ3v) is 14.7. The summed E-state index contributed by atoms with van der Waals surface area (Å²) in [7, 11) is 0. The minimum absolute atomic E-state index is 0.0464. The number of carboxylic acids is 2. The summed E-state index contributed by atoms with van der Waals surface area (Å²) < 4.78 is -0.556. The number of rotatable bonds is 16. The Kier molecular flexibility index (Phi) is 16.1. The molecular weight excluding hydrogens is 846 g/mol. The molecule has 1 saturated carbocycles. The summed E-state index contributed by atoms with van der Waals surface area (Å²) in [5, 5.41) is 29.4. The van der Waals surface area contributed by atoms with Crippen molar-refractivity contribution < 1.29 is 48.6 Å². The smallest absolute Gasteiger partial charge is 0.336 e. The molecule has 318 valence electrons. The van der Waals surface area contributed by atoms with Crippen LogP contribution in [0.4, 0.5) is 0 Å². The zero-order valence-electron chi connectivity index (χ0n) is 32.3. The van der Waals surface area contributed by atoms with Crippen LogP contribution in [0.2, 0.25) is 10.0 Å². The fraction of sp³-hybridized carbons (Fsp3) is 0.500. The summed E-state index contributed by atoms with van der Waals surface area (Å²) in [4.78, 5) is 108. The van der Waals surface area contributed by atoms with E-state index in [0.717, 1.165) is 49.3 Å². The molecule has 0 radical (unpaired) electrons. The van der Waals surface area contributed by atoms with Crippen molar-refractivity contribution in [1.29, 1.82) is 0 Å². The molecule has 1 aliphatic carbocycles. The van der Waals surface area contributed by atoms with E-state index in [1.54, 1.807) is 48.6 Å². The number of carbonyl (C=O) groups is 8. The van der Waals surface area contributed by atoms with Crippen LogP contribution in [0.15, 0.2) is 42.5 Å². The predicted molar refractivity (Wildman–Crippen MR) is 223 cm³/mol. The third-order valence-electron chi connectivity index (χ3n) is 10.6. The van der Waals surface area contributed by atoms with Crippen LogP contribution < -0.4 is 21.3 Å². The maximum absolute atomic E-state index is 14.8. The number of benzene rings is 2. The second-order valence-electron chi connectivity index (χ2n) is 14.8. The van der Waals surface area contributed by atoms with E-state index in [1.807, 2.05) is 0 Å². The molecule has 19 heteroatoms. The molecule has 0 aromatic heterocycles. The van der Waals surface area contributed by atoms with Gasteiger partial charge in [-0.1, -0.05) is 86.1 Å². The first-order chi connectivity index (χ1) is 28.1. The van der Waals surface area contributed by atoms with Gasteiger partial charge in [0.1, 0.15) is 12.1 Å². The first kappa shape index (κ1) is 45.8. The molecule has 2 unspecified atom stereocenters. The number of nitrogens with zero attached hydrogens (tertiary/aromatic N) is 1. The summed E-state index contributed by atoms with van der Waals surface area (Å²) in [6.45, 7) is 1.21. The van der Waals surface area contributed by atoms with Crippen molar-refractivity contribution in [2.45, 2.75) is 93.0 Å². The Labute approximate surface area is 359 Å². The van der Waals surface area contributed by atoms with E-state index in [1.165, 1.54) is 17.0 Å². The lowest BCUT2D eigenvalue weighted by Gasteiger charge is -2.35. The van der Waals surface area contributed by atoms with Crippen molar-refractivity contribution in [3.63, 3.8) is 0 Å². The summed E-state index contributed by atoms with van der Waals surface area (Å²) in [6, 6.07) is 5.24. The molecule has 4 atom stereocenters. The highest BCUT2D eigenvalue weighted by molar-refractivity contribution is 8.18. The van der Waals surface area contributed by atoms with Gasteiger partial charge in [-0.25, -0.2) is 9.59 Å². The molecule has 2 aliphatic heterocycles. The van der Waals surface area contributed by atoms with Crippen molar-refractivity contribution in [2.24, 2.45) is 5.92 Å².